The number of alkyl halides is 2. The van der Waals surface area contributed by atoms with Crippen LogP contribution < -0.4 is 5.32 Å². The second-order valence-corrected chi connectivity index (χ2v) is 9.23. The summed E-state index contributed by atoms with van der Waals surface area (Å²) in [6.45, 7) is -0.346. The van der Waals surface area contributed by atoms with Gasteiger partial charge in [0, 0.05) is 27.5 Å². The number of carbonyl (C=O) groups is 3. The van der Waals surface area contributed by atoms with Gasteiger partial charge >= 0.3 is 0 Å². The Hall–Kier alpha value is -1.81. The maximum absolute atomic E-state index is 12.8. The maximum atomic E-state index is 12.8. The molecule has 2 saturated carbocycles. The summed E-state index contributed by atoms with van der Waals surface area (Å²) in [6.07, 6.45) is 0.835. The van der Waals surface area contributed by atoms with Crippen molar-refractivity contribution >= 4 is 61.0 Å². The van der Waals surface area contributed by atoms with E-state index in [1.807, 2.05) is 0 Å². The molecule has 1 N–H and O–H groups in total. The number of nitro groups is 1. The van der Waals surface area contributed by atoms with Crippen LogP contribution in [0.2, 0.25) is 0 Å². The van der Waals surface area contributed by atoms with Crippen LogP contribution in [0, 0.1) is 33.8 Å². The number of imide groups is 1. The molecule has 1 aromatic carbocycles. The molecule has 142 valence electrons. The van der Waals surface area contributed by atoms with Crippen LogP contribution in [-0.4, -0.2) is 43.7 Å². The van der Waals surface area contributed by atoms with E-state index in [0.29, 0.717) is 5.69 Å². The molecule has 1 aliphatic heterocycles. The van der Waals surface area contributed by atoms with Gasteiger partial charge in [0.25, 0.3) is 5.69 Å². The maximum Gasteiger partial charge on any atom is 0.269 e. The van der Waals surface area contributed by atoms with E-state index in [1.54, 1.807) is 0 Å². The van der Waals surface area contributed by atoms with E-state index in [1.165, 1.54) is 24.3 Å². The first kappa shape index (κ1) is 18.5. The molecule has 4 rings (SSSR count). The highest BCUT2D eigenvalue weighted by Gasteiger charge is 2.66. The minimum absolute atomic E-state index is 0.0881. The third-order valence-corrected chi connectivity index (χ3v) is 8.95. The van der Waals surface area contributed by atoms with Gasteiger partial charge in [0.2, 0.25) is 17.7 Å². The average molecular weight is 501 g/mol. The summed E-state index contributed by atoms with van der Waals surface area (Å²) in [5.41, 5.74) is 0.279. The zero-order valence-corrected chi connectivity index (χ0v) is 17.1. The lowest BCUT2D eigenvalue weighted by molar-refractivity contribution is -0.384. The van der Waals surface area contributed by atoms with Gasteiger partial charge in [0.15, 0.2) is 0 Å². The molecule has 3 fully saturated rings. The lowest BCUT2D eigenvalue weighted by Gasteiger charge is -2.28. The molecule has 8 nitrogen and oxygen atoms in total. The van der Waals surface area contributed by atoms with Gasteiger partial charge in [-0.1, -0.05) is 31.9 Å². The summed E-state index contributed by atoms with van der Waals surface area (Å²) >= 11 is 7.24. The normalized spacial score (nSPS) is 34.1. The van der Waals surface area contributed by atoms with Gasteiger partial charge in [0.05, 0.1) is 16.8 Å². The number of benzene rings is 1. The molecule has 27 heavy (non-hydrogen) atoms. The van der Waals surface area contributed by atoms with Crippen LogP contribution in [0.5, 0.6) is 0 Å². The van der Waals surface area contributed by atoms with Gasteiger partial charge < -0.3 is 5.32 Å². The Balaban J connectivity index is 1.44. The Morgan fingerprint density at radius 3 is 2.11 bits per heavy atom. The van der Waals surface area contributed by atoms with Crippen molar-refractivity contribution in [3.63, 3.8) is 0 Å². The van der Waals surface area contributed by atoms with E-state index in [0.717, 1.165) is 11.3 Å². The predicted octanol–water partition coefficient (Wildman–Crippen LogP) is 2.31. The highest BCUT2D eigenvalue weighted by Crippen LogP contribution is 2.60. The molecule has 1 aromatic rings. The standard InChI is InChI=1S/C17H15Br2N3O5/c18-14-9-5-10(15(14)19)13-12(9)16(24)21(17(13)25)6-11(23)20-7-1-3-8(4-2-7)22(26)27/h1-4,9-10,12-15H,5-6H2,(H,20,23)/t9-,10-,12-,13+,14-,15+/m1/s1. The van der Waals surface area contributed by atoms with E-state index < -0.39 is 10.8 Å². The van der Waals surface area contributed by atoms with Crippen LogP contribution >= 0.6 is 31.9 Å². The molecule has 3 aliphatic rings. The minimum Gasteiger partial charge on any atom is -0.325 e. The smallest absolute Gasteiger partial charge is 0.269 e. The molecule has 6 atom stereocenters. The van der Waals surface area contributed by atoms with Crippen molar-refractivity contribution in [3.05, 3.63) is 34.4 Å². The van der Waals surface area contributed by atoms with Crippen molar-refractivity contribution in [2.75, 3.05) is 11.9 Å². The lowest BCUT2D eigenvalue weighted by atomic mass is 9.81. The summed E-state index contributed by atoms with van der Waals surface area (Å²) in [4.78, 5) is 49.3. The molecule has 3 amide bonds. The number of rotatable bonds is 4. The molecule has 0 aromatic heterocycles. The van der Waals surface area contributed by atoms with Crippen molar-refractivity contribution < 1.29 is 19.3 Å². The average Bonchev–Trinajstić information content (AvgIpc) is 3.23. The lowest BCUT2D eigenvalue weighted by Crippen LogP contribution is -2.39. The first-order valence-corrected chi connectivity index (χ1v) is 10.3. The Kier molecular flexibility index (Phi) is 4.58. The summed E-state index contributed by atoms with van der Waals surface area (Å²) in [6, 6.07) is 5.36. The molecular weight excluding hydrogens is 486 g/mol. The number of carbonyl (C=O) groups excluding carboxylic acids is 3. The van der Waals surface area contributed by atoms with Crippen LogP contribution in [-0.2, 0) is 14.4 Å². The topological polar surface area (TPSA) is 110 Å². The number of hydrogen-bond donors (Lipinski definition) is 1. The summed E-state index contributed by atoms with van der Waals surface area (Å²) in [7, 11) is 0. The number of hydrogen-bond acceptors (Lipinski definition) is 5. The Morgan fingerprint density at radius 2 is 1.63 bits per heavy atom. The first-order chi connectivity index (χ1) is 12.8. The van der Waals surface area contributed by atoms with Crippen molar-refractivity contribution in [2.45, 2.75) is 16.1 Å². The Labute approximate surface area is 171 Å². The largest absolute Gasteiger partial charge is 0.325 e. The van der Waals surface area contributed by atoms with Crippen molar-refractivity contribution in [2.24, 2.45) is 23.7 Å². The Morgan fingerprint density at radius 1 is 1.11 bits per heavy atom. The second kappa shape index (κ2) is 6.66. The number of nitro benzene ring substituents is 1. The van der Waals surface area contributed by atoms with Crippen molar-refractivity contribution in [1.29, 1.82) is 0 Å². The molecule has 1 heterocycles. The van der Waals surface area contributed by atoms with E-state index in [9.17, 15) is 24.5 Å². The third-order valence-electron chi connectivity index (χ3n) is 5.74. The fraction of sp³-hybridized carbons (Fsp3) is 0.471. The fourth-order valence-corrected chi connectivity index (χ4v) is 6.45. The number of halogens is 2. The van der Waals surface area contributed by atoms with E-state index >= 15 is 0 Å². The molecule has 2 aliphatic carbocycles. The minimum atomic E-state index is -0.533. The van der Waals surface area contributed by atoms with Gasteiger partial charge in [-0.3, -0.25) is 29.4 Å². The summed E-state index contributed by atoms with van der Waals surface area (Å²) in [5, 5.41) is 13.2. The van der Waals surface area contributed by atoms with E-state index in [2.05, 4.69) is 37.2 Å². The monoisotopic (exact) mass is 499 g/mol. The number of nitrogens with one attached hydrogen (secondary N) is 1. The highest BCUT2D eigenvalue weighted by atomic mass is 79.9. The third kappa shape index (κ3) is 2.89. The number of amides is 3. The highest BCUT2D eigenvalue weighted by molar-refractivity contribution is 9.12. The van der Waals surface area contributed by atoms with Gasteiger partial charge in [-0.15, -0.1) is 0 Å². The van der Waals surface area contributed by atoms with Gasteiger partial charge in [-0.2, -0.15) is 0 Å². The predicted molar refractivity (Wildman–Crippen MR) is 102 cm³/mol. The molecular formula is C17H15Br2N3O5. The van der Waals surface area contributed by atoms with Crippen LogP contribution in [0.25, 0.3) is 0 Å². The second-order valence-electron chi connectivity index (χ2n) is 7.12. The van der Waals surface area contributed by atoms with Crippen LogP contribution in [0.1, 0.15) is 6.42 Å². The summed E-state index contributed by atoms with van der Waals surface area (Å²) < 4.78 is 0. The van der Waals surface area contributed by atoms with Gasteiger partial charge in [-0.25, -0.2) is 0 Å². The van der Waals surface area contributed by atoms with Crippen molar-refractivity contribution in [3.8, 4) is 0 Å². The number of anilines is 1. The van der Waals surface area contributed by atoms with E-state index in [-0.39, 0.29) is 57.4 Å². The van der Waals surface area contributed by atoms with Crippen LogP contribution in [0.15, 0.2) is 24.3 Å². The van der Waals surface area contributed by atoms with Gasteiger partial charge in [-0.05, 0) is 30.4 Å². The molecule has 1 saturated heterocycles. The molecule has 10 heteroatoms. The summed E-state index contributed by atoms with van der Waals surface area (Å²) in [5.74, 6) is -1.57. The fourth-order valence-electron chi connectivity index (χ4n) is 4.58. The molecule has 2 bridgehead atoms. The van der Waals surface area contributed by atoms with Crippen LogP contribution in [0.4, 0.5) is 11.4 Å². The molecule has 0 radical (unpaired) electrons. The number of fused-ring (bicyclic) bond motifs is 5. The van der Waals surface area contributed by atoms with Crippen molar-refractivity contribution in [1.82, 2.24) is 4.90 Å². The Bertz CT molecular complexity index is 813. The number of nitrogens with zero attached hydrogens (tertiary/aromatic N) is 2. The number of non-ortho nitro benzene ring substituents is 1. The quantitative estimate of drug-likeness (QED) is 0.295. The first-order valence-electron chi connectivity index (χ1n) is 8.47. The number of likely N-dealkylation sites (tertiary alicyclic amines) is 1. The van der Waals surface area contributed by atoms with E-state index in [4.69, 9.17) is 0 Å². The zero-order valence-electron chi connectivity index (χ0n) is 13.9. The molecule has 0 spiro atoms. The van der Waals surface area contributed by atoms with Crippen LogP contribution in [0.3, 0.4) is 0 Å². The molecule has 0 unspecified atom stereocenters. The van der Waals surface area contributed by atoms with Gasteiger partial charge in [0.1, 0.15) is 6.54 Å². The SMILES string of the molecule is O=C(CN1C(=O)[C@@H]2[C@H]3C[C@@H]([C@H](Br)[C@@H]3Br)[C@@H]2C1=O)Nc1ccc([N+](=O)[O-])cc1. The zero-order chi connectivity index (χ0) is 19.5.